The molecular weight excluding hydrogens is 302 g/mol. The number of likely N-dealkylation sites (tertiary alicyclic amines) is 1. The maximum Gasteiger partial charge on any atom is 0.310 e. The molecule has 2 heterocycles. The predicted octanol–water partition coefficient (Wildman–Crippen LogP) is 0.316. The van der Waals surface area contributed by atoms with E-state index in [1.54, 1.807) is 13.0 Å². The molecule has 0 bridgehead atoms. The van der Waals surface area contributed by atoms with Crippen LogP contribution in [0.2, 0.25) is 0 Å². The van der Waals surface area contributed by atoms with Crippen molar-refractivity contribution in [3.63, 3.8) is 0 Å². The lowest BCUT2D eigenvalue weighted by atomic mass is 9.98. The lowest BCUT2D eigenvalue weighted by Crippen LogP contribution is -2.49. The van der Waals surface area contributed by atoms with Crippen LogP contribution < -0.4 is 10.9 Å². The highest BCUT2D eigenvalue weighted by atomic mass is 16.5. The van der Waals surface area contributed by atoms with E-state index in [0.717, 1.165) is 19.4 Å². The maximum absolute atomic E-state index is 11.9. The van der Waals surface area contributed by atoms with E-state index in [9.17, 15) is 14.4 Å². The van der Waals surface area contributed by atoms with E-state index in [4.69, 9.17) is 9.15 Å². The van der Waals surface area contributed by atoms with Gasteiger partial charge in [0, 0.05) is 6.54 Å². The lowest BCUT2D eigenvalue weighted by molar-refractivity contribution is -0.150. The molecule has 0 saturated carbocycles. The van der Waals surface area contributed by atoms with Crippen LogP contribution in [0.25, 0.3) is 0 Å². The summed E-state index contributed by atoms with van der Waals surface area (Å²) in [6.45, 7) is 3.45. The van der Waals surface area contributed by atoms with E-state index in [-0.39, 0.29) is 30.1 Å². The van der Waals surface area contributed by atoms with Crippen molar-refractivity contribution in [1.29, 1.82) is 0 Å². The predicted molar refractivity (Wildman–Crippen MR) is 80.1 cm³/mol. The van der Waals surface area contributed by atoms with Gasteiger partial charge in [-0.1, -0.05) is 0 Å². The molecule has 8 heteroatoms. The third-order valence-corrected chi connectivity index (χ3v) is 3.55. The van der Waals surface area contributed by atoms with Crippen LogP contribution in [-0.4, -0.2) is 48.9 Å². The Balaban J connectivity index is 1.74. The van der Waals surface area contributed by atoms with Crippen molar-refractivity contribution in [1.82, 2.24) is 15.8 Å². The molecule has 0 aromatic carbocycles. The number of amides is 2. The van der Waals surface area contributed by atoms with Gasteiger partial charge in [-0.3, -0.25) is 30.1 Å². The van der Waals surface area contributed by atoms with Gasteiger partial charge in [-0.05, 0) is 38.4 Å². The van der Waals surface area contributed by atoms with E-state index >= 15 is 0 Å². The topological polar surface area (TPSA) is 101 Å². The Morgan fingerprint density at radius 3 is 2.91 bits per heavy atom. The minimum atomic E-state index is -0.522. The number of piperidine rings is 1. The van der Waals surface area contributed by atoms with Crippen molar-refractivity contribution in [3.8, 4) is 0 Å². The average Bonchev–Trinajstić information content (AvgIpc) is 3.07. The van der Waals surface area contributed by atoms with Crippen LogP contribution in [0, 0.1) is 5.92 Å². The van der Waals surface area contributed by atoms with Gasteiger partial charge in [-0.25, -0.2) is 0 Å². The van der Waals surface area contributed by atoms with E-state index < -0.39 is 5.91 Å². The Labute approximate surface area is 134 Å². The molecule has 1 atom stereocenters. The molecule has 126 valence electrons. The average molecular weight is 323 g/mol. The first-order valence-electron chi connectivity index (χ1n) is 7.61. The highest BCUT2D eigenvalue weighted by Gasteiger charge is 2.27. The summed E-state index contributed by atoms with van der Waals surface area (Å²) in [5.74, 6) is -1.18. The van der Waals surface area contributed by atoms with Crippen LogP contribution in [0.3, 0.4) is 0 Å². The van der Waals surface area contributed by atoms with E-state index in [0.29, 0.717) is 13.2 Å². The standard InChI is InChI=1S/C15H21N3O5/c1-2-22-15(21)11-5-3-7-18(9-11)10-13(19)16-17-14(20)12-6-4-8-23-12/h4,6,8,11H,2-3,5,7,9-10H2,1H3,(H,16,19)(H,17,20)/t11-/m1/s1. The molecule has 0 aliphatic carbocycles. The first-order chi connectivity index (χ1) is 11.1. The minimum Gasteiger partial charge on any atom is -0.466 e. The number of hydrogen-bond donors (Lipinski definition) is 2. The van der Waals surface area contributed by atoms with Gasteiger partial charge >= 0.3 is 11.9 Å². The highest BCUT2D eigenvalue weighted by molar-refractivity contribution is 5.93. The van der Waals surface area contributed by atoms with Crippen LogP contribution in [0.1, 0.15) is 30.3 Å². The zero-order chi connectivity index (χ0) is 16.7. The second-order valence-electron chi connectivity index (χ2n) is 5.31. The summed E-state index contributed by atoms with van der Waals surface area (Å²) < 4.78 is 9.94. The largest absolute Gasteiger partial charge is 0.466 e. The SMILES string of the molecule is CCOC(=O)[C@@H]1CCCN(CC(=O)NNC(=O)c2ccco2)C1. The summed E-state index contributed by atoms with van der Waals surface area (Å²) >= 11 is 0. The molecule has 8 nitrogen and oxygen atoms in total. The van der Waals surface area contributed by atoms with Crippen molar-refractivity contribution in [2.75, 3.05) is 26.2 Å². The molecule has 2 rings (SSSR count). The van der Waals surface area contributed by atoms with Gasteiger partial charge in [0.2, 0.25) is 0 Å². The van der Waals surface area contributed by atoms with Crippen molar-refractivity contribution >= 4 is 17.8 Å². The molecule has 1 aromatic rings. The summed E-state index contributed by atoms with van der Waals surface area (Å²) in [5.41, 5.74) is 4.61. The Kier molecular flexibility index (Phi) is 6.16. The number of furan rings is 1. The van der Waals surface area contributed by atoms with Crippen LogP contribution >= 0.6 is 0 Å². The molecule has 2 N–H and O–H groups in total. The molecule has 1 fully saturated rings. The fourth-order valence-electron chi connectivity index (χ4n) is 2.49. The number of hydrazine groups is 1. The number of nitrogens with zero attached hydrogens (tertiary/aromatic N) is 1. The van der Waals surface area contributed by atoms with Gasteiger partial charge in [0.05, 0.1) is 25.3 Å². The summed E-state index contributed by atoms with van der Waals surface area (Å²) in [5, 5.41) is 0. The quantitative estimate of drug-likeness (QED) is 0.598. The molecule has 2 amide bonds. The normalized spacial score (nSPS) is 18.2. The zero-order valence-electron chi connectivity index (χ0n) is 13.0. The summed E-state index contributed by atoms with van der Waals surface area (Å²) in [4.78, 5) is 37.1. The molecule has 0 radical (unpaired) electrons. The molecule has 23 heavy (non-hydrogen) atoms. The fourth-order valence-corrected chi connectivity index (χ4v) is 2.49. The maximum atomic E-state index is 11.9. The fraction of sp³-hybridized carbons (Fsp3) is 0.533. The summed E-state index contributed by atoms with van der Waals surface area (Å²) in [7, 11) is 0. The smallest absolute Gasteiger partial charge is 0.310 e. The first-order valence-corrected chi connectivity index (χ1v) is 7.61. The van der Waals surface area contributed by atoms with Crippen molar-refractivity contribution in [2.24, 2.45) is 5.92 Å². The van der Waals surface area contributed by atoms with Gasteiger partial charge < -0.3 is 9.15 Å². The van der Waals surface area contributed by atoms with Crippen molar-refractivity contribution < 1.29 is 23.5 Å². The van der Waals surface area contributed by atoms with Crippen LogP contribution in [0.5, 0.6) is 0 Å². The number of nitrogens with one attached hydrogen (secondary N) is 2. The first kappa shape index (κ1) is 17.0. The van der Waals surface area contributed by atoms with Gasteiger partial charge in [0.15, 0.2) is 5.76 Å². The Bertz CT molecular complexity index is 543. The summed E-state index contributed by atoms with van der Waals surface area (Å²) in [6, 6.07) is 3.08. The van der Waals surface area contributed by atoms with Crippen molar-refractivity contribution in [3.05, 3.63) is 24.2 Å². The molecule has 0 spiro atoms. The van der Waals surface area contributed by atoms with Crippen LogP contribution in [0.4, 0.5) is 0 Å². The minimum absolute atomic E-state index is 0.105. The van der Waals surface area contributed by atoms with Gasteiger partial charge in [0.1, 0.15) is 0 Å². The molecule has 1 aromatic heterocycles. The third-order valence-electron chi connectivity index (χ3n) is 3.55. The van der Waals surface area contributed by atoms with Crippen molar-refractivity contribution in [2.45, 2.75) is 19.8 Å². The summed E-state index contributed by atoms with van der Waals surface area (Å²) in [6.07, 6.45) is 2.97. The van der Waals surface area contributed by atoms with Gasteiger partial charge in [-0.15, -0.1) is 0 Å². The number of ether oxygens (including phenoxy) is 1. The van der Waals surface area contributed by atoms with E-state index in [1.165, 1.54) is 12.3 Å². The number of hydrogen-bond acceptors (Lipinski definition) is 6. The Hall–Kier alpha value is -2.35. The molecular formula is C15H21N3O5. The molecule has 1 aliphatic heterocycles. The number of carbonyl (C=O) groups excluding carboxylic acids is 3. The van der Waals surface area contributed by atoms with Crippen LogP contribution in [-0.2, 0) is 14.3 Å². The van der Waals surface area contributed by atoms with E-state index in [2.05, 4.69) is 10.9 Å². The zero-order valence-corrected chi connectivity index (χ0v) is 13.0. The third kappa shape index (κ3) is 5.10. The second kappa shape index (κ2) is 8.33. The Morgan fingerprint density at radius 2 is 2.22 bits per heavy atom. The van der Waals surface area contributed by atoms with Gasteiger partial charge in [-0.2, -0.15) is 0 Å². The molecule has 0 unspecified atom stereocenters. The van der Waals surface area contributed by atoms with Crippen LogP contribution in [0.15, 0.2) is 22.8 Å². The van der Waals surface area contributed by atoms with E-state index in [1.807, 2.05) is 4.90 Å². The van der Waals surface area contributed by atoms with Gasteiger partial charge in [0.25, 0.3) is 5.91 Å². The highest BCUT2D eigenvalue weighted by Crippen LogP contribution is 2.17. The number of rotatable bonds is 5. The monoisotopic (exact) mass is 323 g/mol. The number of carbonyl (C=O) groups is 3. The number of esters is 1. The lowest BCUT2D eigenvalue weighted by Gasteiger charge is -2.30. The molecule has 1 aliphatic rings. The molecule has 1 saturated heterocycles. The second-order valence-corrected chi connectivity index (χ2v) is 5.31. The Morgan fingerprint density at radius 1 is 1.39 bits per heavy atom.